The number of aromatic nitrogens is 2. The number of halogens is 1. The molecule has 32 heavy (non-hydrogen) atoms. The van der Waals surface area contributed by atoms with Crippen molar-refractivity contribution >= 4 is 0 Å². The fourth-order valence-electron chi connectivity index (χ4n) is 3.92. The van der Waals surface area contributed by atoms with Crippen molar-refractivity contribution in [3.05, 3.63) is 78.6 Å². The first-order valence-electron chi connectivity index (χ1n) is 11.1. The molecule has 0 amide bonds. The molecule has 0 bridgehead atoms. The Morgan fingerprint density at radius 1 is 1.22 bits per heavy atom. The molecule has 5 nitrogen and oxygen atoms in total. The molecule has 1 N–H and O–H groups in total. The molecule has 168 valence electrons. The molecule has 1 saturated carbocycles. The van der Waals surface area contributed by atoms with Crippen LogP contribution in [0.1, 0.15) is 31.2 Å². The van der Waals surface area contributed by atoms with Gasteiger partial charge in [-0.25, -0.2) is 9.07 Å². The lowest BCUT2D eigenvalue weighted by atomic mass is 10.1. The van der Waals surface area contributed by atoms with Gasteiger partial charge < -0.3 is 9.84 Å². The van der Waals surface area contributed by atoms with E-state index in [2.05, 4.69) is 11.5 Å². The van der Waals surface area contributed by atoms with Crippen LogP contribution in [0.15, 0.2) is 67.3 Å². The smallest absolute Gasteiger partial charge is 0.222 e. The third-order valence-corrected chi connectivity index (χ3v) is 5.74. The van der Waals surface area contributed by atoms with Crippen LogP contribution < -0.4 is 4.74 Å². The Morgan fingerprint density at radius 3 is 2.59 bits per heavy atom. The van der Waals surface area contributed by atoms with Crippen LogP contribution in [0.4, 0.5) is 4.39 Å². The number of aliphatic hydroxyl groups excluding tert-OH is 1. The van der Waals surface area contributed by atoms with E-state index in [9.17, 15) is 9.50 Å². The average Bonchev–Trinajstić information content (AvgIpc) is 3.60. The number of nitrogens with zero attached hydrogens (tertiary/aromatic N) is 3. The molecule has 1 heterocycles. The molecule has 1 aliphatic carbocycles. The molecule has 3 aromatic rings. The molecular formula is C26H30FN3O2. The van der Waals surface area contributed by atoms with Gasteiger partial charge in [0.15, 0.2) is 0 Å². The quantitative estimate of drug-likeness (QED) is 0.415. The van der Waals surface area contributed by atoms with Crippen molar-refractivity contribution in [2.45, 2.75) is 44.4 Å². The highest BCUT2D eigenvalue weighted by Gasteiger charge is 2.32. The van der Waals surface area contributed by atoms with E-state index >= 15 is 0 Å². The minimum atomic E-state index is -0.410. The molecule has 1 aromatic heterocycles. The molecule has 0 unspecified atom stereocenters. The van der Waals surface area contributed by atoms with Crippen molar-refractivity contribution in [2.24, 2.45) is 7.05 Å². The number of rotatable bonds is 11. The summed E-state index contributed by atoms with van der Waals surface area (Å²) in [6.45, 7) is 4.97. The van der Waals surface area contributed by atoms with E-state index in [-0.39, 0.29) is 5.82 Å². The van der Waals surface area contributed by atoms with Crippen LogP contribution in [0, 0.1) is 5.82 Å². The van der Waals surface area contributed by atoms with Crippen molar-refractivity contribution in [1.82, 2.24) is 14.7 Å². The largest absolute Gasteiger partial charge is 0.439 e. The topological polar surface area (TPSA) is 50.5 Å². The molecule has 1 atom stereocenters. The zero-order valence-corrected chi connectivity index (χ0v) is 18.5. The van der Waals surface area contributed by atoms with E-state index in [1.165, 1.54) is 12.1 Å². The van der Waals surface area contributed by atoms with Gasteiger partial charge in [-0.3, -0.25) is 4.90 Å². The molecule has 2 aromatic carbocycles. The third-order valence-electron chi connectivity index (χ3n) is 5.74. The summed E-state index contributed by atoms with van der Waals surface area (Å²) < 4.78 is 21.3. The standard InChI is InChI=1S/C26H30FN3O2/c1-3-4-10-22(31)17-30(21-13-14-21)18-24-25(19-8-6-5-7-9-19)28-29(2)26(24)32-23-15-11-20(27)12-16-23/h3,5-9,11-12,15-16,21-22,31H,1,4,10,13-14,17-18H2,2H3/t22-/m0/s1. The number of benzene rings is 2. The molecule has 4 rings (SSSR count). The van der Waals surface area contributed by atoms with E-state index in [0.717, 1.165) is 36.1 Å². The number of aliphatic hydroxyl groups is 1. The predicted octanol–water partition coefficient (Wildman–Crippen LogP) is 5.31. The zero-order chi connectivity index (χ0) is 22.5. The Balaban J connectivity index is 1.67. The number of aryl methyl sites for hydroxylation is 1. The van der Waals surface area contributed by atoms with Crippen molar-refractivity contribution in [3.63, 3.8) is 0 Å². The SMILES string of the molecule is C=CCC[C@H](O)CN(Cc1c(-c2ccccc2)nn(C)c1Oc1ccc(F)cc1)C1CC1. The summed E-state index contributed by atoms with van der Waals surface area (Å²) >= 11 is 0. The fraction of sp³-hybridized carbons (Fsp3) is 0.346. The van der Waals surface area contributed by atoms with Crippen LogP contribution >= 0.6 is 0 Å². The predicted molar refractivity (Wildman–Crippen MR) is 124 cm³/mol. The highest BCUT2D eigenvalue weighted by atomic mass is 19.1. The van der Waals surface area contributed by atoms with Crippen LogP contribution in [0.3, 0.4) is 0 Å². The summed E-state index contributed by atoms with van der Waals surface area (Å²) in [6, 6.07) is 16.5. The number of hydrogen-bond donors (Lipinski definition) is 1. The Bertz CT molecular complexity index is 1030. The van der Waals surface area contributed by atoms with Gasteiger partial charge in [0.1, 0.15) is 17.3 Å². The summed E-state index contributed by atoms with van der Waals surface area (Å²) in [5.41, 5.74) is 2.83. The van der Waals surface area contributed by atoms with Crippen molar-refractivity contribution in [2.75, 3.05) is 6.54 Å². The Hall–Kier alpha value is -2.96. The summed E-state index contributed by atoms with van der Waals surface area (Å²) in [5.74, 6) is 0.877. The molecule has 6 heteroatoms. The first-order chi connectivity index (χ1) is 15.5. The van der Waals surface area contributed by atoms with Crippen LogP contribution in [0.5, 0.6) is 11.6 Å². The average molecular weight is 436 g/mol. The van der Waals surface area contributed by atoms with E-state index < -0.39 is 6.10 Å². The second-order valence-corrected chi connectivity index (χ2v) is 8.36. The van der Waals surface area contributed by atoms with E-state index in [1.54, 1.807) is 16.8 Å². The Morgan fingerprint density at radius 2 is 1.94 bits per heavy atom. The van der Waals surface area contributed by atoms with Gasteiger partial charge in [0, 0.05) is 31.7 Å². The second kappa shape index (κ2) is 10.1. The molecule has 0 spiro atoms. The first kappa shape index (κ1) is 22.2. The maximum absolute atomic E-state index is 13.4. The second-order valence-electron chi connectivity index (χ2n) is 8.36. The van der Waals surface area contributed by atoms with E-state index in [4.69, 9.17) is 9.84 Å². The summed E-state index contributed by atoms with van der Waals surface area (Å²) in [5, 5.41) is 15.3. The lowest BCUT2D eigenvalue weighted by Crippen LogP contribution is -2.34. The lowest BCUT2D eigenvalue weighted by Gasteiger charge is -2.25. The number of allylic oxidation sites excluding steroid dienone is 1. The van der Waals surface area contributed by atoms with Gasteiger partial charge >= 0.3 is 0 Å². The van der Waals surface area contributed by atoms with Crippen LogP contribution in [-0.2, 0) is 13.6 Å². The maximum atomic E-state index is 13.4. The highest BCUT2D eigenvalue weighted by Crippen LogP contribution is 2.37. The van der Waals surface area contributed by atoms with Gasteiger partial charge in [-0.2, -0.15) is 5.10 Å². The van der Waals surface area contributed by atoms with E-state index in [0.29, 0.717) is 37.2 Å². The van der Waals surface area contributed by atoms with Crippen LogP contribution in [0.2, 0.25) is 0 Å². The van der Waals surface area contributed by atoms with Crippen LogP contribution in [0.25, 0.3) is 11.3 Å². The van der Waals surface area contributed by atoms with Gasteiger partial charge in [-0.15, -0.1) is 6.58 Å². The molecular weight excluding hydrogens is 405 g/mol. The maximum Gasteiger partial charge on any atom is 0.222 e. The van der Waals surface area contributed by atoms with Crippen molar-refractivity contribution in [1.29, 1.82) is 0 Å². The molecule has 1 aliphatic rings. The van der Waals surface area contributed by atoms with Gasteiger partial charge in [0.2, 0.25) is 5.88 Å². The molecule has 0 radical (unpaired) electrons. The number of ether oxygens (including phenoxy) is 1. The monoisotopic (exact) mass is 435 g/mol. The molecule has 1 fully saturated rings. The van der Waals surface area contributed by atoms with Gasteiger partial charge in [-0.1, -0.05) is 36.4 Å². The summed E-state index contributed by atoms with van der Waals surface area (Å²) in [6.07, 6.45) is 5.18. The Labute approximate surface area is 188 Å². The van der Waals surface area contributed by atoms with Gasteiger partial charge in [0.05, 0.1) is 11.7 Å². The van der Waals surface area contributed by atoms with Gasteiger partial charge in [-0.05, 0) is 49.9 Å². The van der Waals surface area contributed by atoms with Crippen molar-refractivity contribution < 1.29 is 14.2 Å². The molecule has 0 saturated heterocycles. The highest BCUT2D eigenvalue weighted by molar-refractivity contribution is 5.65. The minimum Gasteiger partial charge on any atom is -0.439 e. The first-order valence-corrected chi connectivity index (χ1v) is 11.1. The summed E-state index contributed by atoms with van der Waals surface area (Å²) in [4.78, 5) is 2.33. The van der Waals surface area contributed by atoms with E-state index in [1.807, 2.05) is 43.5 Å². The molecule has 0 aliphatic heterocycles. The summed E-state index contributed by atoms with van der Waals surface area (Å²) in [7, 11) is 1.86. The lowest BCUT2D eigenvalue weighted by molar-refractivity contribution is 0.0976. The minimum absolute atomic E-state index is 0.305. The zero-order valence-electron chi connectivity index (χ0n) is 18.5. The third kappa shape index (κ3) is 5.44. The fourth-order valence-corrected chi connectivity index (χ4v) is 3.92. The number of hydrogen-bond acceptors (Lipinski definition) is 4. The normalized spacial score (nSPS) is 14.5. The van der Waals surface area contributed by atoms with Gasteiger partial charge in [0.25, 0.3) is 0 Å². The Kier molecular flexibility index (Phi) is 7.02. The van der Waals surface area contributed by atoms with Crippen LogP contribution in [-0.4, -0.2) is 38.5 Å². The van der Waals surface area contributed by atoms with Crippen molar-refractivity contribution in [3.8, 4) is 22.9 Å².